The maximum absolute atomic E-state index is 2.48. The molecule has 0 N–H and O–H groups in total. The van der Waals surface area contributed by atoms with Crippen LogP contribution in [0.1, 0.15) is 9.75 Å². The predicted molar refractivity (Wildman–Crippen MR) is 144 cm³/mol. The number of thiophene rings is 2. The molecule has 0 saturated heterocycles. The van der Waals surface area contributed by atoms with E-state index in [1.165, 1.54) is 83.2 Å². The average molecular weight is 469 g/mol. The van der Waals surface area contributed by atoms with E-state index < -0.39 is 0 Å². The Kier molecular flexibility index (Phi) is 3.65. The molecule has 2 heterocycles. The quantitative estimate of drug-likeness (QED) is 0.238. The van der Waals surface area contributed by atoms with Crippen LogP contribution in [0.25, 0.3) is 33.0 Å². The average Bonchev–Trinajstić information content (AvgIpc) is 3.58. The van der Waals surface area contributed by atoms with Gasteiger partial charge in [0.25, 0.3) is 0 Å². The molecule has 8 rings (SSSR count). The van der Waals surface area contributed by atoms with E-state index in [2.05, 4.69) is 98.8 Å². The highest BCUT2D eigenvalue weighted by Gasteiger charge is 2.21. The third-order valence-electron chi connectivity index (χ3n) is 7.32. The highest BCUT2D eigenvalue weighted by atomic mass is 32.1. The number of hydrogen-bond acceptors (Lipinski definition) is 2. The molecule has 4 aromatic carbocycles. The predicted octanol–water partition coefficient (Wildman–Crippen LogP) is 8.69. The summed E-state index contributed by atoms with van der Waals surface area (Å²) < 4.78 is 2.86. The van der Waals surface area contributed by atoms with E-state index in [1.54, 1.807) is 0 Å². The van der Waals surface area contributed by atoms with Gasteiger partial charge in [-0.05, 0) is 70.8 Å². The Morgan fingerprint density at radius 2 is 0.882 bits per heavy atom. The molecule has 0 spiro atoms. The van der Waals surface area contributed by atoms with Crippen molar-refractivity contribution in [1.82, 2.24) is 0 Å². The van der Waals surface area contributed by atoms with Gasteiger partial charge in [-0.2, -0.15) is 0 Å². The van der Waals surface area contributed by atoms with E-state index in [9.17, 15) is 0 Å². The Balaban J connectivity index is 1.76. The zero-order valence-electron chi connectivity index (χ0n) is 18.9. The first-order valence-electron chi connectivity index (χ1n) is 11.7. The molecule has 34 heavy (non-hydrogen) atoms. The third kappa shape index (κ3) is 2.32. The Bertz CT molecular complexity index is 2060. The van der Waals surface area contributed by atoms with Gasteiger partial charge in [0, 0.05) is 50.5 Å². The minimum atomic E-state index is 1.30. The lowest BCUT2D eigenvalue weighted by molar-refractivity contribution is 1.53. The first kappa shape index (κ1) is 18.9. The van der Waals surface area contributed by atoms with Crippen LogP contribution in [0.5, 0.6) is 0 Å². The second kappa shape index (κ2) is 6.56. The van der Waals surface area contributed by atoms with Gasteiger partial charge in [-0.3, -0.25) is 0 Å². The molecule has 0 amide bonds. The first-order chi connectivity index (χ1) is 16.7. The van der Waals surface area contributed by atoms with Crippen molar-refractivity contribution in [2.45, 2.75) is 13.8 Å². The monoisotopic (exact) mass is 468 g/mol. The second-order valence-electron chi connectivity index (χ2n) is 9.38. The lowest BCUT2D eigenvalue weighted by Crippen LogP contribution is -1.89. The smallest absolute Gasteiger partial charge is 0.0436 e. The molecule has 160 valence electrons. The molecule has 0 aliphatic heterocycles. The van der Waals surface area contributed by atoms with E-state index in [0.717, 1.165) is 0 Å². The van der Waals surface area contributed by atoms with Crippen LogP contribution < -0.4 is 0 Å². The van der Waals surface area contributed by atoms with Crippen molar-refractivity contribution in [2.24, 2.45) is 0 Å². The fraction of sp³-hybridized carbons (Fsp3) is 0.0625. The summed E-state index contributed by atoms with van der Waals surface area (Å²) in [7, 11) is 0. The maximum atomic E-state index is 2.48. The van der Waals surface area contributed by atoms with Gasteiger partial charge in [-0.1, -0.05) is 60.7 Å². The summed E-state index contributed by atoms with van der Waals surface area (Å²) in [5.41, 5.74) is 5.32. The summed E-state index contributed by atoms with van der Waals surface area (Å²) in [6.07, 6.45) is 0. The molecular weight excluding hydrogens is 448 g/mol. The van der Waals surface area contributed by atoms with E-state index in [0.29, 0.717) is 0 Å². The van der Waals surface area contributed by atoms with Gasteiger partial charge in [0.15, 0.2) is 0 Å². The van der Waals surface area contributed by atoms with Crippen molar-refractivity contribution in [3.05, 3.63) is 135 Å². The number of rotatable bonds is 2. The van der Waals surface area contributed by atoms with E-state index >= 15 is 0 Å². The molecular formula is C32H20S2. The summed E-state index contributed by atoms with van der Waals surface area (Å²) in [5, 5.41) is 11.4. The fourth-order valence-corrected chi connectivity index (χ4v) is 8.21. The van der Waals surface area contributed by atoms with E-state index in [1.807, 2.05) is 22.7 Å². The Morgan fingerprint density at radius 1 is 0.471 bits per heavy atom. The van der Waals surface area contributed by atoms with Crippen LogP contribution in [0.15, 0.2) is 84.9 Å². The molecule has 6 aromatic rings. The van der Waals surface area contributed by atoms with Crippen LogP contribution >= 0.6 is 22.7 Å². The van der Waals surface area contributed by atoms with Crippen LogP contribution in [0.3, 0.4) is 0 Å². The minimum absolute atomic E-state index is 1.30. The van der Waals surface area contributed by atoms with Gasteiger partial charge in [-0.15, -0.1) is 22.7 Å². The van der Waals surface area contributed by atoms with Gasteiger partial charge in [0.05, 0.1) is 0 Å². The number of aryl methyl sites for hydroxylation is 2. The highest BCUT2D eigenvalue weighted by molar-refractivity contribution is 7.10. The molecule has 0 bridgehead atoms. The fourth-order valence-electron chi connectivity index (χ4n) is 6.02. The standard InChI is InChI=1S/C32H20S2/c1-17-13-25-23-15-22(20-11-7-4-8-12-20)30-28-24(26-14-18(2)34-32(26)30)16-21(19-9-5-3-6-10-19)29(27(23)28)31(25)33-17/h3-16H,1-2H3. The number of hydrogen-bond donors (Lipinski definition) is 0. The topological polar surface area (TPSA) is 0 Å². The molecule has 2 heteroatoms. The maximum Gasteiger partial charge on any atom is 0.0436 e. The second-order valence-corrected chi connectivity index (χ2v) is 11.9. The normalized spacial score (nSPS) is 12.4. The zero-order valence-corrected chi connectivity index (χ0v) is 20.5. The highest BCUT2D eigenvalue weighted by Crippen LogP contribution is 2.41. The van der Waals surface area contributed by atoms with E-state index in [4.69, 9.17) is 0 Å². The van der Waals surface area contributed by atoms with Crippen molar-refractivity contribution in [3.63, 3.8) is 0 Å². The molecule has 0 unspecified atom stereocenters. The first-order valence-corrected chi connectivity index (χ1v) is 13.3. The van der Waals surface area contributed by atoms with Crippen LogP contribution in [0.4, 0.5) is 0 Å². The lowest BCUT2D eigenvalue weighted by atomic mass is 9.93. The minimum Gasteiger partial charge on any atom is -0.140 e. The van der Waals surface area contributed by atoms with Crippen LogP contribution in [0, 0.1) is 54.2 Å². The summed E-state index contributed by atoms with van der Waals surface area (Å²) in [4.78, 5) is 2.75. The van der Waals surface area contributed by atoms with Crippen molar-refractivity contribution >= 4 is 33.4 Å². The molecule has 2 aliphatic carbocycles. The van der Waals surface area contributed by atoms with Gasteiger partial charge in [0.1, 0.15) is 0 Å². The Hall–Kier alpha value is -3.46. The molecule has 0 radical (unpaired) electrons. The van der Waals surface area contributed by atoms with Gasteiger partial charge >= 0.3 is 0 Å². The van der Waals surface area contributed by atoms with E-state index in [-0.39, 0.29) is 0 Å². The number of fused-ring (bicyclic) bond motifs is 2. The third-order valence-corrected chi connectivity index (χ3v) is 9.46. The summed E-state index contributed by atoms with van der Waals surface area (Å²) in [5.74, 6) is 0. The lowest BCUT2D eigenvalue weighted by Gasteiger charge is -2.10. The van der Waals surface area contributed by atoms with Gasteiger partial charge in [-0.25, -0.2) is 0 Å². The summed E-state index contributed by atoms with van der Waals surface area (Å²) in [6.45, 7) is 4.47. The molecule has 0 fully saturated rings. The van der Waals surface area contributed by atoms with Crippen molar-refractivity contribution in [1.29, 1.82) is 0 Å². The molecule has 2 aliphatic rings. The van der Waals surface area contributed by atoms with Crippen molar-refractivity contribution in [3.8, 4) is 22.3 Å². The van der Waals surface area contributed by atoms with Crippen LogP contribution in [-0.2, 0) is 0 Å². The molecule has 2 aromatic heterocycles. The number of benzene rings is 4. The largest absolute Gasteiger partial charge is 0.140 e. The SMILES string of the molecule is Cc1cc2c(s1)=c1c(-c3ccccc3)cc3c4c(c(-c5ccccc5)cc=2c14)=c1sc(C)cc1=3. The van der Waals surface area contributed by atoms with Gasteiger partial charge < -0.3 is 0 Å². The van der Waals surface area contributed by atoms with Crippen molar-refractivity contribution < 1.29 is 0 Å². The Morgan fingerprint density at radius 3 is 1.29 bits per heavy atom. The zero-order chi connectivity index (χ0) is 22.6. The van der Waals surface area contributed by atoms with Crippen molar-refractivity contribution in [2.75, 3.05) is 0 Å². The molecule has 0 atom stereocenters. The summed E-state index contributed by atoms with van der Waals surface area (Å²) in [6, 6.07) is 31.7. The molecule has 0 saturated carbocycles. The van der Waals surface area contributed by atoms with Crippen LogP contribution in [0.2, 0.25) is 0 Å². The Labute approximate surface area is 204 Å². The summed E-state index contributed by atoms with van der Waals surface area (Å²) >= 11 is 3.88. The molecule has 0 nitrogen and oxygen atoms in total. The van der Waals surface area contributed by atoms with Crippen LogP contribution in [-0.4, -0.2) is 0 Å². The van der Waals surface area contributed by atoms with Gasteiger partial charge in [0.2, 0.25) is 0 Å².